The summed E-state index contributed by atoms with van der Waals surface area (Å²) in [4.78, 5) is 15.7. The molecule has 0 amide bonds. The van der Waals surface area contributed by atoms with Gasteiger partial charge in [-0.3, -0.25) is 14.3 Å². The maximum absolute atomic E-state index is 11.5. The Morgan fingerprint density at radius 3 is 3.21 bits per heavy atom. The highest BCUT2D eigenvalue weighted by atomic mass is 28.2. The normalized spacial score (nSPS) is 12.9. The predicted molar refractivity (Wildman–Crippen MR) is 55.2 cm³/mol. The van der Waals surface area contributed by atoms with E-state index >= 15 is 0 Å². The van der Waals surface area contributed by atoms with E-state index < -0.39 is 0 Å². The zero-order valence-corrected chi connectivity index (χ0v) is 8.33. The topological polar surface area (TPSA) is 44.1 Å². The minimum atomic E-state index is -0.282. The average molecular weight is 202 g/mol. The van der Waals surface area contributed by atoms with Gasteiger partial charge in [-0.1, -0.05) is 0 Å². The molecule has 0 saturated carbocycles. The van der Waals surface area contributed by atoms with Crippen LogP contribution in [0.1, 0.15) is 0 Å². The van der Waals surface area contributed by atoms with E-state index in [-0.39, 0.29) is 14.9 Å². The lowest BCUT2D eigenvalue weighted by Gasteiger charge is -2.13. The van der Waals surface area contributed by atoms with Crippen molar-refractivity contribution < 1.29 is 4.43 Å². The molecule has 0 radical (unpaired) electrons. The summed E-state index contributed by atoms with van der Waals surface area (Å²) in [5.41, 5.74) is 1.54. The van der Waals surface area contributed by atoms with Crippen molar-refractivity contribution in [3.8, 4) is 5.75 Å². The van der Waals surface area contributed by atoms with Crippen molar-refractivity contribution >= 4 is 26.2 Å². The lowest BCUT2D eigenvalue weighted by Crippen LogP contribution is -2.24. The molecule has 14 heavy (non-hydrogen) atoms. The van der Waals surface area contributed by atoms with Gasteiger partial charge in [0.2, 0.25) is 9.38 Å². The quantitative estimate of drug-likeness (QED) is 0.553. The van der Waals surface area contributed by atoms with Crippen molar-refractivity contribution in [2.45, 2.75) is 0 Å². The van der Waals surface area contributed by atoms with Crippen LogP contribution >= 0.6 is 0 Å². The van der Waals surface area contributed by atoms with Crippen molar-refractivity contribution in [3.63, 3.8) is 0 Å². The highest BCUT2D eigenvalue weighted by Crippen LogP contribution is 2.22. The fraction of sp³-hybridized carbons (Fsp3) is 0. The van der Waals surface area contributed by atoms with Crippen LogP contribution in [-0.4, -0.2) is 24.7 Å². The van der Waals surface area contributed by atoms with Gasteiger partial charge in [0.25, 0.3) is 5.56 Å². The van der Waals surface area contributed by atoms with E-state index in [1.165, 1.54) is 6.07 Å². The highest BCUT2D eigenvalue weighted by Gasteiger charge is 2.10. The first-order chi connectivity index (χ1) is 6.86. The number of pyridine rings is 2. The molecule has 0 aromatic carbocycles. The molecule has 0 bridgehead atoms. The van der Waals surface area contributed by atoms with E-state index in [2.05, 4.69) is 4.98 Å². The van der Waals surface area contributed by atoms with Gasteiger partial charge in [-0.15, -0.1) is 0 Å². The minimum Gasteiger partial charge on any atom is -0.516 e. The monoisotopic (exact) mass is 202 g/mol. The van der Waals surface area contributed by atoms with Crippen LogP contribution < -0.4 is 9.99 Å². The highest BCUT2D eigenvalue weighted by molar-refractivity contribution is 6.43. The fourth-order valence-electron chi connectivity index (χ4n) is 1.56. The van der Waals surface area contributed by atoms with E-state index in [9.17, 15) is 4.79 Å². The SMILES string of the molecule is O=c1ccc2nccc3c2n1C=[SiH]O3. The second-order valence-electron chi connectivity index (χ2n) is 2.99. The molecule has 68 valence electrons. The van der Waals surface area contributed by atoms with Gasteiger partial charge in [0, 0.05) is 18.1 Å². The lowest BCUT2D eigenvalue weighted by atomic mass is 10.3. The molecule has 3 heterocycles. The summed E-state index contributed by atoms with van der Waals surface area (Å²) in [6, 6.07) is 5.04. The van der Waals surface area contributed by atoms with Crippen LogP contribution in [-0.2, 0) is 0 Å². The minimum absolute atomic E-state index is 0.0254. The molecular weight excluding hydrogens is 196 g/mol. The van der Waals surface area contributed by atoms with E-state index in [4.69, 9.17) is 4.43 Å². The molecule has 0 aliphatic carbocycles. The molecule has 0 spiro atoms. The number of hydrogen-bond acceptors (Lipinski definition) is 3. The molecular formula is C9H6N2O2Si. The molecule has 0 saturated heterocycles. The van der Waals surface area contributed by atoms with E-state index in [1.54, 1.807) is 28.7 Å². The zero-order chi connectivity index (χ0) is 9.54. The molecule has 1 aliphatic heterocycles. The van der Waals surface area contributed by atoms with Gasteiger partial charge in [0.15, 0.2) is 0 Å². The Balaban J connectivity index is 2.63. The smallest absolute Gasteiger partial charge is 0.255 e. The summed E-state index contributed by atoms with van der Waals surface area (Å²) in [5.74, 6) is 2.56. The van der Waals surface area contributed by atoms with Gasteiger partial charge in [-0.2, -0.15) is 0 Å². The largest absolute Gasteiger partial charge is 0.516 e. The molecule has 0 N–H and O–H groups in total. The van der Waals surface area contributed by atoms with E-state index in [0.717, 1.165) is 16.8 Å². The maximum atomic E-state index is 11.5. The summed E-state index contributed by atoms with van der Waals surface area (Å²) >= 11 is 0. The van der Waals surface area contributed by atoms with Crippen LogP contribution in [0.2, 0.25) is 0 Å². The van der Waals surface area contributed by atoms with Gasteiger partial charge in [-0.05, 0) is 12.1 Å². The molecule has 3 rings (SSSR count). The van der Waals surface area contributed by atoms with Crippen LogP contribution in [0.25, 0.3) is 11.0 Å². The fourth-order valence-corrected chi connectivity index (χ4v) is 2.38. The third kappa shape index (κ3) is 0.897. The molecule has 0 atom stereocenters. The Morgan fingerprint density at radius 2 is 2.29 bits per heavy atom. The Hall–Kier alpha value is -1.75. The van der Waals surface area contributed by atoms with Crippen molar-refractivity contribution in [1.29, 1.82) is 0 Å². The summed E-state index contributed by atoms with van der Waals surface area (Å²) in [7, 11) is -0.282. The number of rotatable bonds is 0. The number of aromatic nitrogens is 2. The van der Waals surface area contributed by atoms with Crippen LogP contribution in [0.5, 0.6) is 5.75 Å². The summed E-state index contributed by atoms with van der Waals surface area (Å²) < 4.78 is 7.10. The molecule has 2 aromatic heterocycles. The van der Waals surface area contributed by atoms with Crippen molar-refractivity contribution in [3.05, 3.63) is 34.7 Å². The summed E-state index contributed by atoms with van der Waals surface area (Å²) in [6.07, 6.45) is 1.69. The second-order valence-corrected chi connectivity index (χ2v) is 3.79. The molecule has 0 fully saturated rings. The van der Waals surface area contributed by atoms with Gasteiger partial charge >= 0.3 is 0 Å². The average Bonchev–Trinajstić information content (AvgIpc) is 2.24. The molecule has 5 heteroatoms. The Bertz CT molecular complexity index is 603. The molecule has 2 aromatic rings. The third-order valence-corrected chi connectivity index (χ3v) is 2.99. The van der Waals surface area contributed by atoms with E-state index in [1.807, 2.05) is 0 Å². The molecule has 0 unspecified atom stereocenters. The van der Waals surface area contributed by atoms with Gasteiger partial charge in [0.05, 0.1) is 5.52 Å². The van der Waals surface area contributed by atoms with Crippen LogP contribution in [0.4, 0.5) is 0 Å². The van der Waals surface area contributed by atoms with Crippen LogP contribution in [0, 0.1) is 0 Å². The lowest BCUT2D eigenvalue weighted by molar-refractivity contribution is 0.610. The van der Waals surface area contributed by atoms with Crippen LogP contribution in [0.3, 0.4) is 0 Å². The predicted octanol–water partition coefficient (Wildman–Crippen LogP) is -0.252. The molecule has 1 aliphatic rings. The van der Waals surface area contributed by atoms with Crippen molar-refractivity contribution in [2.75, 3.05) is 0 Å². The van der Waals surface area contributed by atoms with Gasteiger partial charge in [0.1, 0.15) is 11.3 Å². The van der Waals surface area contributed by atoms with Gasteiger partial charge in [-0.25, -0.2) is 0 Å². The van der Waals surface area contributed by atoms with Crippen molar-refractivity contribution in [2.24, 2.45) is 0 Å². The Morgan fingerprint density at radius 1 is 1.36 bits per heavy atom. The van der Waals surface area contributed by atoms with Crippen LogP contribution in [0.15, 0.2) is 29.2 Å². The number of nitrogens with zero attached hydrogens (tertiary/aromatic N) is 2. The van der Waals surface area contributed by atoms with Gasteiger partial charge < -0.3 is 4.43 Å². The zero-order valence-electron chi connectivity index (χ0n) is 7.18. The summed E-state index contributed by atoms with van der Waals surface area (Å²) in [6.45, 7) is 0. The third-order valence-electron chi connectivity index (χ3n) is 2.18. The summed E-state index contributed by atoms with van der Waals surface area (Å²) in [5, 5.41) is 0. The standard InChI is InChI=1S/C9H6N2O2Si/c12-8-2-1-6-9-7(3-4-10-6)13-14-5-11(8)9/h1-5,14H. The Labute approximate surface area is 81.3 Å². The Kier molecular flexibility index (Phi) is 1.43. The first kappa shape index (κ1) is 7.63. The van der Waals surface area contributed by atoms with Crippen molar-refractivity contribution in [1.82, 2.24) is 9.55 Å². The number of hydrogen-bond donors (Lipinski definition) is 0. The molecule has 4 nitrogen and oxygen atoms in total. The van der Waals surface area contributed by atoms with E-state index in [0.29, 0.717) is 0 Å². The first-order valence-electron chi connectivity index (χ1n) is 4.20. The maximum Gasteiger partial charge on any atom is 0.255 e. The first-order valence-corrected chi connectivity index (χ1v) is 5.34. The second kappa shape index (κ2) is 2.62.